The Labute approximate surface area is 150 Å². The summed E-state index contributed by atoms with van der Waals surface area (Å²) in [5, 5.41) is 0. The normalized spacial score (nSPS) is 22.9. The van der Waals surface area contributed by atoms with Crippen LogP contribution in [0.2, 0.25) is 0 Å². The van der Waals surface area contributed by atoms with Gasteiger partial charge in [-0.15, -0.1) is 0 Å². The van der Waals surface area contributed by atoms with Crippen molar-refractivity contribution < 1.29 is 14.1 Å². The predicted octanol–water partition coefficient (Wildman–Crippen LogP) is 4.34. The van der Waals surface area contributed by atoms with Crippen LogP contribution < -0.4 is 0 Å². The molecule has 1 rings (SSSR count). The maximum Gasteiger partial charge on any atom is 0.410 e. The van der Waals surface area contributed by atoms with Crippen molar-refractivity contribution in [2.24, 2.45) is 10.3 Å². The van der Waals surface area contributed by atoms with Gasteiger partial charge in [-0.25, -0.2) is 4.79 Å². The van der Waals surface area contributed by atoms with Crippen molar-refractivity contribution >= 4 is 23.7 Å². The van der Waals surface area contributed by atoms with E-state index in [1.54, 1.807) is 6.21 Å². The Hall–Kier alpha value is -0.750. The van der Waals surface area contributed by atoms with Gasteiger partial charge in [0.05, 0.1) is 6.21 Å². The molecule has 0 aromatic rings. The van der Waals surface area contributed by atoms with Gasteiger partial charge in [-0.3, -0.25) is 0 Å². The summed E-state index contributed by atoms with van der Waals surface area (Å²) in [5.41, 5.74) is -0.673. The molecule has 2 atom stereocenters. The largest absolute Gasteiger partial charge is 0.591 e. The smallest absolute Gasteiger partial charge is 0.410 e. The Kier molecular flexibility index (Phi) is 6.78. The van der Waals surface area contributed by atoms with Crippen LogP contribution in [0.4, 0.5) is 4.79 Å². The lowest BCUT2D eigenvalue weighted by molar-refractivity contribution is 0.0131. The molecule has 0 aromatic carbocycles. The van der Waals surface area contributed by atoms with E-state index in [0.29, 0.717) is 12.5 Å². The second-order valence-corrected chi connectivity index (χ2v) is 11.1. The van der Waals surface area contributed by atoms with Crippen LogP contribution in [-0.4, -0.2) is 44.2 Å². The van der Waals surface area contributed by atoms with Crippen LogP contribution in [0.25, 0.3) is 0 Å². The minimum Gasteiger partial charge on any atom is -0.591 e. The van der Waals surface area contributed by atoms with Gasteiger partial charge in [-0.2, -0.15) is 0 Å². The highest BCUT2D eigenvalue weighted by atomic mass is 32.2. The van der Waals surface area contributed by atoms with E-state index in [0.717, 1.165) is 19.3 Å². The summed E-state index contributed by atoms with van der Waals surface area (Å²) in [6.45, 7) is 16.3. The first kappa shape index (κ1) is 21.3. The third kappa shape index (κ3) is 6.63. The van der Waals surface area contributed by atoms with Crippen molar-refractivity contribution in [3.05, 3.63) is 0 Å². The third-order valence-corrected chi connectivity index (χ3v) is 5.36. The molecule has 0 spiro atoms. The maximum atomic E-state index is 12.4. The molecule has 1 unspecified atom stereocenters. The topological polar surface area (TPSA) is 65.0 Å². The molecule has 140 valence electrons. The van der Waals surface area contributed by atoms with Crippen molar-refractivity contribution in [2.75, 3.05) is 6.54 Å². The lowest BCUT2D eigenvalue weighted by atomic mass is 9.93. The third-order valence-electron chi connectivity index (χ3n) is 3.97. The molecule has 5 nitrogen and oxygen atoms in total. The van der Waals surface area contributed by atoms with Crippen molar-refractivity contribution in [2.45, 2.75) is 90.5 Å². The molecule has 24 heavy (non-hydrogen) atoms. The first-order valence-electron chi connectivity index (χ1n) is 8.67. The van der Waals surface area contributed by atoms with Crippen molar-refractivity contribution in [1.29, 1.82) is 0 Å². The summed E-state index contributed by atoms with van der Waals surface area (Å²) >= 11 is -1.20. The fraction of sp³-hybridized carbons (Fsp3) is 0.889. The molecule has 0 aromatic heterocycles. The van der Waals surface area contributed by atoms with Gasteiger partial charge in [-0.05, 0) is 80.6 Å². The zero-order valence-corrected chi connectivity index (χ0v) is 17.3. The van der Waals surface area contributed by atoms with Gasteiger partial charge in [0.15, 0.2) is 0 Å². The number of carbonyl (C=O) groups is 1. The maximum absolute atomic E-state index is 12.4. The molecule has 1 amide bonds. The highest BCUT2D eigenvalue weighted by Gasteiger charge is 2.42. The molecule has 1 aliphatic heterocycles. The number of hydrogen-bond acceptors (Lipinski definition) is 4. The van der Waals surface area contributed by atoms with E-state index in [-0.39, 0.29) is 16.4 Å². The van der Waals surface area contributed by atoms with E-state index in [4.69, 9.17) is 4.74 Å². The summed E-state index contributed by atoms with van der Waals surface area (Å²) in [6, 6.07) is 0. The molecule has 0 radical (unpaired) electrons. The molecular formula is C18H34N2O3S. The second kappa shape index (κ2) is 7.65. The molecule has 1 heterocycles. The Balaban J connectivity index is 2.53. The van der Waals surface area contributed by atoms with Crippen molar-refractivity contribution in [3.8, 4) is 0 Å². The summed E-state index contributed by atoms with van der Waals surface area (Å²) in [7, 11) is 0. The molecule has 0 saturated carbocycles. The summed E-state index contributed by atoms with van der Waals surface area (Å²) in [6.07, 6.45) is 4.20. The Morgan fingerprint density at radius 3 is 2.42 bits per heavy atom. The van der Waals surface area contributed by atoms with Gasteiger partial charge in [0.1, 0.15) is 21.7 Å². The van der Waals surface area contributed by atoms with Gasteiger partial charge in [0, 0.05) is 12.1 Å². The van der Waals surface area contributed by atoms with E-state index in [9.17, 15) is 9.35 Å². The van der Waals surface area contributed by atoms with Crippen LogP contribution >= 0.6 is 0 Å². The SMILES string of the molecule is CC(C)(C)OC(=O)N1C[C@@H](CC/C=N/[S+]([O-])C(C)(C)C)CC1(C)C. The fourth-order valence-corrected chi connectivity index (χ4v) is 3.36. The van der Waals surface area contributed by atoms with Crippen LogP contribution in [-0.2, 0) is 16.1 Å². The van der Waals surface area contributed by atoms with Gasteiger partial charge in [0.25, 0.3) is 0 Å². The first-order chi connectivity index (χ1) is 10.7. The number of likely N-dealkylation sites (tertiary alicyclic amines) is 1. The van der Waals surface area contributed by atoms with Gasteiger partial charge >= 0.3 is 6.09 Å². The van der Waals surface area contributed by atoms with E-state index in [2.05, 4.69) is 18.2 Å². The van der Waals surface area contributed by atoms with Gasteiger partial charge < -0.3 is 14.2 Å². The van der Waals surface area contributed by atoms with E-state index < -0.39 is 17.0 Å². The van der Waals surface area contributed by atoms with E-state index >= 15 is 0 Å². The fourth-order valence-electron chi connectivity index (χ4n) is 2.81. The number of amides is 1. The average Bonchev–Trinajstić information content (AvgIpc) is 2.66. The molecule has 0 bridgehead atoms. The highest BCUT2D eigenvalue weighted by molar-refractivity contribution is 7.91. The molecule has 1 saturated heterocycles. The second-order valence-electron chi connectivity index (χ2n) is 9.20. The quantitative estimate of drug-likeness (QED) is 0.555. The number of hydrogen-bond donors (Lipinski definition) is 0. The van der Waals surface area contributed by atoms with Crippen LogP contribution in [0.3, 0.4) is 0 Å². The van der Waals surface area contributed by atoms with Crippen molar-refractivity contribution in [3.63, 3.8) is 0 Å². The summed E-state index contributed by atoms with van der Waals surface area (Å²) in [4.78, 5) is 14.2. The zero-order chi connectivity index (χ0) is 18.8. The predicted molar refractivity (Wildman–Crippen MR) is 101 cm³/mol. The zero-order valence-electron chi connectivity index (χ0n) is 16.5. The van der Waals surface area contributed by atoms with Crippen LogP contribution in [0, 0.1) is 5.92 Å². The lowest BCUT2D eigenvalue weighted by Gasteiger charge is -2.33. The van der Waals surface area contributed by atoms with Crippen LogP contribution in [0.1, 0.15) is 74.7 Å². The van der Waals surface area contributed by atoms with Crippen molar-refractivity contribution in [1.82, 2.24) is 4.90 Å². The average molecular weight is 359 g/mol. The summed E-state index contributed by atoms with van der Waals surface area (Å²) in [5.74, 6) is 0.419. The monoisotopic (exact) mass is 358 g/mol. The van der Waals surface area contributed by atoms with E-state index in [1.807, 2.05) is 46.4 Å². The molecular weight excluding hydrogens is 324 g/mol. The van der Waals surface area contributed by atoms with Crippen LogP contribution in [0.15, 0.2) is 4.40 Å². The highest BCUT2D eigenvalue weighted by Crippen LogP contribution is 2.35. The summed E-state index contributed by atoms with van der Waals surface area (Å²) < 4.78 is 21.2. The minimum atomic E-state index is -1.20. The van der Waals surface area contributed by atoms with Gasteiger partial charge in [-0.1, -0.05) is 4.40 Å². The molecule has 0 N–H and O–H groups in total. The Morgan fingerprint density at radius 2 is 1.92 bits per heavy atom. The lowest BCUT2D eigenvalue weighted by Crippen LogP contribution is -2.45. The first-order valence-corrected chi connectivity index (χ1v) is 9.78. The molecule has 0 aliphatic carbocycles. The number of rotatable bonds is 4. The number of carbonyl (C=O) groups excluding carboxylic acids is 1. The molecule has 1 aliphatic rings. The van der Waals surface area contributed by atoms with Gasteiger partial charge in [0.2, 0.25) is 0 Å². The molecule has 1 fully saturated rings. The standard InChI is InChI=1S/C18H34N2O3S/c1-16(2,3)23-15(21)20-13-14(12-18(20,7)8)10-9-11-19-24(22)17(4,5)6/h11,14H,9-10,12-13H2,1-8H3/b19-11+/t14-,24?/m0/s1. The van der Waals surface area contributed by atoms with Crippen LogP contribution in [0.5, 0.6) is 0 Å². The number of ether oxygens (including phenoxy) is 1. The minimum absolute atomic E-state index is 0.196. The number of nitrogens with zero attached hydrogens (tertiary/aromatic N) is 2. The molecule has 6 heteroatoms. The Morgan fingerprint density at radius 1 is 1.33 bits per heavy atom. The Bertz CT molecular complexity index is 464. The van der Waals surface area contributed by atoms with E-state index in [1.165, 1.54) is 0 Å².